The topological polar surface area (TPSA) is 55.0 Å². The van der Waals surface area contributed by atoms with Crippen molar-refractivity contribution in [1.29, 1.82) is 0 Å². The summed E-state index contributed by atoms with van der Waals surface area (Å²) in [6.07, 6.45) is 2.02. The SMILES string of the molecule is CC1CN(C2=NC(=O)C(=Cc3ccc(-c4ccccc4)o3)S2)CC(C)O1. The van der Waals surface area contributed by atoms with E-state index in [1.165, 1.54) is 11.8 Å². The number of amidine groups is 1. The van der Waals surface area contributed by atoms with E-state index in [9.17, 15) is 4.79 Å². The molecule has 2 aliphatic heterocycles. The molecule has 2 unspecified atom stereocenters. The molecule has 6 heteroatoms. The summed E-state index contributed by atoms with van der Waals surface area (Å²) in [5, 5.41) is 0.748. The van der Waals surface area contributed by atoms with Gasteiger partial charge in [-0.05, 0) is 37.7 Å². The molecule has 134 valence electrons. The van der Waals surface area contributed by atoms with Gasteiger partial charge in [0.05, 0.1) is 17.1 Å². The molecule has 1 aromatic carbocycles. The number of hydrogen-bond donors (Lipinski definition) is 0. The van der Waals surface area contributed by atoms with Crippen LogP contribution >= 0.6 is 11.8 Å². The third-order valence-electron chi connectivity index (χ3n) is 4.26. The van der Waals surface area contributed by atoms with Crippen molar-refractivity contribution in [2.75, 3.05) is 13.1 Å². The summed E-state index contributed by atoms with van der Waals surface area (Å²) in [6.45, 7) is 5.57. The zero-order chi connectivity index (χ0) is 18.1. The Hall–Kier alpha value is -2.31. The molecule has 1 fully saturated rings. The lowest BCUT2D eigenvalue weighted by molar-refractivity contribution is -0.113. The van der Waals surface area contributed by atoms with Crippen LogP contribution in [0, 0.1) is 0 Å². The summed E-state index contributed by atoms with van der Waals surface area (Å²) in [5.41, 5.74) is 1.01. The molecule has 0 saturated carbocycles. The number of amides is 1. The second-order valence-electron chi connectivity index (χ2n) is 6.54. The number of aliphatic imine (C=N–C) groups is 1. The molecule has 4 rings (SSSR count). The number of benzene rings is 1. The van der Waals surface area contributed by atoms with Crippen molar-refractivity contribution in [2.45, 2.75) is 26.1 Å². The highest BCUT2D eigenvalue weighted by atomic mass is 32.2. The van der Waals surface area contributed by atoms with Gasteiger partial charge in [-0.2, -0.15) is 4.99 Å². The van der Waals surface area contributed by atoms with Gasteiger partial charge < -0.3 is 14.1 Å². The van der Waals surface area contributed by atoms with Gasteiger partial charge in [-0.1, -0.05) is 30.3 Å². The summed E-state index contributed by atoms with van der Waals surface area (Å²) in [5.74, 6) is 1.22. The molecule has 26 heavy (non-hydrogen) atoms. The number of nitrogens with zero attached hydrogens (tertiary/aromatic N) is 2. The highest BCUT2D eigenvalue weighted by molar-refractivity contribution is 8.18. The lowest BCUT2D eigenvalue weighted by atomic mass is 10.2. The molecule has 2 aromatic rings. The van der Waals surface area contributed by atoms with Gasteiger partial charge in [0.25, 0.3) is 5.91 Å². The van der Waals surface area contributed by atoms with Crippen molar-refractivity contribution in [1.82, 2.24) is 4.90 Å². The molecule has 3 heterocycles. The third kappa shape index (κ3) is 3.61. The summed E-state index contributed by atoms with van der Waals surface area (Å²) in [4.78, 5) is 19.2. The van der Waals surface area contributed by atoms with E-state index in [4.69, 9.17) is 9.15 Å². The third-order valence-corrected chi connectivity index (χ3v) is 5.30. The standard InChI is InChI=1S/C20H20N2O3S/c1-13-11-22(12-14(2)24-13)20-21-19(23)18(26-20)10-16-8-9-17(25-16)15-6-4-3-5-7-15/h3-10,13-14H,11-12H2,1-2H3. The van der Waals surface area contributed by atoms with Gasteiger partial charge in [0.1, 0.15) is 11.5 Å². The second-order valence-corrected chi connectivity index (χ2v) is 7.55. The van der Waals surface area contributed by atoms with Crippen LogP contribution in [0.3, 0.4) is 0 Å². The highest BCUT2D eigenvalue weighted by Gasteiger charge is 2.31. The Morgan fingerprint density at radius 3 is 2.58 bits per heavy atom. The minimum Gasteiger partial charge on any atom is -0.457 e. The molecule has 0 aliphatic carbocycles. The first kappa shape index (κ1) is 17.1. The fourth-order valence-corrected chi connectivity index (χ4v) is 4.10. The Balaban J connectivity index is 1.50. The number of carbonyl (C=O) groups is 1. The van der Waals surface area contributed by atoms with Crippen molar-refractivity contribution < 1.29 is 13.9 Å². The average molecular weight is 368 g/mol. The zero-order valence-electron chi connectivity index (χ0n) is 14.7. The molecule has 0 N–H and O–H groups in total. The minimum atomic E-state index is -0.213. The molecule has 1 amide bonds. The van der Waals surface area contributed by atoms with Crippen LogP contribution in [-0.4, -0.2) is 41.3 Å². The molecule has 1 aromatic heterocycles. The Morgan fingerprint density at radius 1 is 1.12 bits per heavy atom. The number of thioether (sulfide) groups is 1. The normalized spacial score (nSPS) is 25.0. The second kappa shape index (κ2) is 7.13. The smallest absolute Gasteiger partial charge is 0.286 e. The predicted molar refractivity (Wildman–Crippen MR) is 104 cm³/mol. The van der Waals surface area contributed by atoms with Gasteiger partial charge in [0.15, 0.2) is 5.17 Å². The molecule has 1 saturated heterocycles. The van der Waals surface area contributed by atoms with Crippen LogP contribution in [0.2, 0.25) is 0 Å². The Morgan fingerprint density at radius 2 is 1.85 bits per heavy atom. The van der Waals surface area contributed by atoms with Crippen molar-refractivity contribution in [2.24, 2.45) is 4.99 Å². The van der Waals surface area contributed by atoms with E-state index in [0.29, 0.717) is 10.7 Å². The number of ether oxygens (including phenoxy) is 1. The van der Waals surface area contributed by atoms with Crippen LogP contribution in [-0.2, 0) is 9.53 Å². The van der Waals surface area contributed by atoms with E-state index >= 15 is 0 Å². The molecule has 5 nitrogen and oxygen atoms in total. The van der Waals surface area contributed by atoms with Crippen LogP contribution in [0.15, 0.2) is 56.8 Å². The lowest BCUT2D eigenvalue weighted by Crippen LogP contribution is -2.47. The van der Waals surface area contributed by atoms with E-state index in [0.717, 1.165) is 29.6 Å². The fraction of sp³-hybridized carbons (Fsp3) is 0.300. The molecule has 0 spiro atoms. The molecular weight excluding hydrogens is 348 g/mol. The van der Waals surface area contributed by atoms with Crippen molar-refractivity contribution in [3.63, 3.8) is 0 Å². The van der Waals surface area contributed by atoms with E-state index in [2.05, 4.69) is 9.89 Å². The number of rotatable bonds is 2. The lowest BCUT2D eigenvalue weighted by Gasteiger charge is -2.35. The van der Waals surface area contributed by atoms with Gasteiger partial charge in [-0.15, -0.1) is 0 Å². The van der Waals surface area contributed by atoms with E-state index < -0.39 is 0 Å². The van der Waals surface area contributed by atoms with Gasteiger partial charge in [0.2, 0.25) is 0 Å². The van der Waals surface area contributed by atoms with Crippen molar-refractivity contribution in [3.8, 4) is 11.3 Å². The first-order chi connectivity index (χ1) is 12.6. The van der Waals surface area contributed by atoms with Gasteiger partial charge >= 0.3 is 0 Å². The summed E-state index contributed by atoms with van der Waals surface area (Å²) >= 11 is 1.40. The number of morpholine rings is 1. The number of hydrogen-bond acceptors (Lipinski definition) is 5. The van der Waals surface area contributed by atoms with Gasteiger partial charge in [-0.25, -0.2) is 0 Å². The fourth-order valence-electron chi connectivity index (χ4n) is 3.18. The van der Waals surface area contributed by atoms with Crippen molar-refractivity contribution >= 4 is 28.9 Å². The summed E-state index contributed by atoms with van der Waals surface area (Å²) < 4.78 is 11.6. The van der Waals surface area contributed by atoms with Gasteiger partial charge in [0, 0.05) is 24.7 Å². The molecule has 0 bridgehead atoms. The van der Waals surface area contributed by atoms with E-state index in [1.807, 2.05) is 56.3 Å². The molecule has 2 aliphatic rings. The van der Waals surface area contributed by atoms with E-state index in [-0.39, 0.29) is 18.1 Å². The molecule has 0 radical (unpaired) electrons. The molecule has 2 atom stereocenters. The molecular formula is C20H20N2O3S. The van der Waals surface area contributed by atoms with Gasteiger partial charge in [-0.3, -0.25) is 4.79 Å². The largest absolute Gasteiger partial charge is 0.457 e. The summed E-state index contributed by atoms with van der Waals surface area (Å²) in [7, 11) is 0. The number of furan rings is 1. The van der Waals surface area contributed by atoms with Crippen LogP contribution in [0.5, 0.6) is 0 Å². The van der Waals surface area contributed by atoms with Crippen molar-refractivity contribution in [3.05, 3.63) is 53.1 Å². The maximum atomic E-state index is 12.3. The maximum Gasteiger partial charge on any atom is 0.286 e. The number of carbonyl (C=O) groups excluding carboxylic acids is 1. The first-order valence-corrected chi connectivity index (χ1v) is 9.48. The zero-order valence-corrected chi connectivity index (χ0v) is 15.5. The predicted octanol–water partition coefficient (Wildman–Crippen LogP) is 4.03. The van der Waals surface area contributed by atoms with Crippen LogP contribution in [0.4, 0.5) is 0 Å². The Kier molecular flexibility index (Phi) is 4.70. The average Bonchev–Trinajstić information content (AvgIpc) is 3.23. The van der Waals surface area contributed by atoms with Crippen LogP contribution < -0.4 is 0 Å². The minimum absolute atomic E-state index is 0.128. The van der Waals surface area contributed by atoms with E-state index in [1.54, 1.807) is 6.08 Å². The Labute approximate surface area is 156 Å². The maximum absolute atomic E-state index is 12.3. The van der Waals surface area contributed by atoms with Crippen LogP contribution in [0.25, 0.3) is 17.4 Å². The summed E-state index contributed by atoms with van der Waals surface area (Å²) in [6, 6.07) is 13.7. The quantitative estimate of drug-likeness (QED) is 0.749. The first-order valence-electron chi connectivity index (χ1n) is 8.67. The monoisotopic (exact) mass is 368 g/mol. The highest BCUT2D eigenvalue weighted by Crippen LogP contribution is 2.32. The Bertz CT molecular complexity index is 862. The van der Waals surface area contributed by atoms with Crippen LogP contribution in [0.1, 0.15) is 19.6 Å².